The van der Waals surface area contributed by atoms with E-state index in [4.69, 9.17) is 14.7 Å². The number of hydrogen-bond donors (Lipinski definition) is 0. The van der Waals surface area contributed by atoms with Crippen molar-refractivity contribution in [3.8, 4) is 5.75 Å². The Morgan fingerprint density at radius 2 is 1.33 bits per heavy atom. The number of Topliss-reactive ketones (excluding diaryl/α,β-unsaturated/α-hetero) is 1. The zero-order valence-corrected chi connectivity index (χ0v) is 20.3. The molecule has 1 atom stereocenters. The number of nitrogens with zero attached hydrogens (tertiary/aromatic N) is 3. The molecule has 1 unspecified atom stereocenters. The van der Waals surface area contributed by atoms with Crippen molar-refractivity contribution >= 4 is 50.1 Å². The van der Waals surface area contributed by atoms with Gasteiger partial charge in [0.25, 0.3) is 5.69 Å². The number of ketones is 1. The topological polar surface area (TPSA) is 95.2 Å². The van der Waals surface area contributed by atoms with Gasteiger partial charge in [-0.3, -0.25) is 14.9 Å². The minimum absolute atomic E-state index is 0.0181. The van der Waals surface area contributed by atoms with Gasteiger partial charge in [0.1, 0.15) is 11.5 Å². The molecule has 0 saturated heterocycles. The first kappa shape index (κ1) is 21.6. The van der Waals surface area contributed by atoms with Gasteiger partial charge in [0.05, 0.1) is 32.6 Å². The van der Waals surface area contributed by atoms with Crippen molar-refractivity contribution in [1.82, 2.24) is 9.97 Å². The summed E-state index contributed by atoms with van der Waals surface area (Å²) in [6.45, 7) is 0. The molecule has 0 bridgehead atoms. The summed E-state index contributed by atoms with van der Waals surface area (Å²) in [5, 5.41) is 13.2. The molecule has 6 aromatic rings. The molecule has 1 aromatic heterocycles. The smallest absolute Gasteiger partial charge is 0.269 e. The van der Waals surface area contributed by atoms with Crippen LogP contribution in [0.3, 0.4) is 0 Å². The second-order valence-electron chi connectivity index (χ2n) is 9.70. The first-order valence-electron chi connectivity index (χ1n) is 12.5. The van der Waals surface area contributed by atoms with E-state index in [-0.39, 0.29) is 11.5 Å². The van der Waals surface area contributed by atoms with Crippen LogP contribution < -0.4 is 4.74 Å². The number of non-ortho nitro benzene ring substituents is 1. The van der Waals surface area contributed by atoms with E-state index in [2.05, 4.69) is 0 Å². The van der Waals surface area contributed by atoms with E-state index in [1.807, 2.05) is 66.7 Å². The van der Waals surface area contributed by atoms with Crippen LogP contribution in [-0.4, -0.2) is 20.7 Å². The van der Waals surface area contributed by atoms with Gasteiger partial charge in [0.2, 0.25) is 0 Å². The number of rotatable bonds is 2. The molecule has 1 aliphatic heterocycles. The molecular weight excluding hydrogens is 490 g/mol. The summed E-state index contributed by atoms with van der Waals surface area (Å²) >= 11 is 0. The first-order valence-corrected chi connectivity index (χ1v) is 12.5. The predicted octanol–water partition coefficient (Wildman–Crippen LogP) is 6.98. The number of hydrogen-bond acceptors (Lipinski definition) is 6. The summed E-state index contributed by atoms with van der Waals surface area (Å²) in [5.41, 5.74) is 6.12. The van der Waals surface area contributed by atoms with Crippen molar-refractivity contribution in [2.45, 2.75) is 5.92 Å². The van der Waals surface area contributed by atoms with Crippen molar-refractivity contribution in [3.63, 3.8) is 0 Å². The summed E-state index contributed by atoms with van der Waals surface area (Å²) < 4.78 is 6.68. The highest BCUT2D eigenvalue weighted by molar-refractivity contribution is 6.23. The van der Waals surface area contributed by atoms with Crippen LogP contribution in [0.25, 0.3) is 38.6 Å². The van der Waals surface area contributed by atoms with Crippen LogP contribution >= 0.6 is 0 Å². The zero-order valence-electron chi connectivity index (χ0n) is 20.3. The van der Waals surface area contributed by atoms with E-state index in [0.717, 1.165) is 38.5 Å². The molecule has 2 aliphatic rings. The highest BCUT2D eigenvalue weighted by atomic mass is 16.6. The van der Waals surface area contributed by atoms with Crippen molar-refractivity contribution < 1.29 is 14.5 Å². The third-order valence-electron chi connectivity index (χ3n) is 7.62. The largest absolute Gasteiger partial charge is 0.455 e. The summed E-state index contributed by atoms with van der Waals surface area (Å²) in [6.07, 6.45) is 0. The van der Waals surface area contributed by atoms with Crippen LogP contribution in [-0.2, 0) is 0 Å². The van der Waals surface area contributed by atoms with Gasteiger partial charge in [-0.2, -0.15) is 0 Å². The molecule has 5 aromatic carbocycles. The number of benzene rings is 5. The van der Waals surface area contributed by atoms with E-state index in [1.165, 1.54) is 12.1 Å². The highest BCUT2D eigenvalue weighted by Crippen LogP contribution is 2.54. The molecule has 8 rings (SSSR count). The molecule has 39 heavy (non-hydrogen) atoms. The van der Waals surface area contributed by atoms with E-state index in [9.17, 15) is 14.9 Å². The molecule has 0 N–H and O–H groups in total. The van der Waals surface area contributed by atoms with Crippen LogP contribution in [0, 0.1) is 10.1 Å². The maximum Gasteiger partial charge on any atom is 0.269 e. The molecule has 0 radical (unpaired) electrons. The lowest BCUT2D eigenvalue weighted by atomic mass is 9.79. The number of aromatic nitrogens is 2. The summed E-state index contributed by atoms with van der Waals surface area (Å²) in [5.74, 6) is 0.454. The Morgan fingerprint density at radius 1 is 0.718 bits per heavy atom. The van der Waals surface area contributed by atoms with Crippen LogP contribution in [0.4, 0.5) is 5.69 Å². The van der Waals surface area contributed by atoms with Gasteiger partial charge in [-0.15, -0.1) is 0 Å². The van der Waals surface area contributed by atoms with Gasteiger partial charge in [-0.25, -0.2) is 9.97 Å². The second kappa shape index (κ2) is 7.79. The second-order valence-corrected chi connectivity index (χ2v) is 9.70. The lowest BCUT2D eigenvalue weighted by Gasteiger charge is -2.29. The standard InChI is InChI=1S/C32H17N3O4/c36-30-20-8-2-4-10-22(20)32-27(30)25(17-13-15-18(16-14-17)35(37)38)26-29-28(33-23-11-5-6-12-24(23)34-29)19-7-1-3-9-21(19)31(26)39-32/h1-16,25H. The molecule has 7 nitrogen and oxygen atoms in total. The Hall–Kier alpha value is -5.43. The predicted molar refractivity (Wildman–Crippen MR) is 148 cm³/mol. The maximum atomic E-state index is 13.9. The van der Waals surface area contributed by atoms with E-state index >= 15 is 0 Å². The minimum atomic E-state index is -0.563. The molecule has 2 heterocycles. The fourth-order valence-electron chi connectivity index (χ4n) is 5.91. The molecule has 184 valence electrons. The van der Waals surface area contributed by atoms with Gasteiger partial charge >= 0.3 is 0 Å². The molecular formula is C32H17N3O4. The maximum absolute atomic E-state index is 13.9. The van der Waals surface area contributed by atoms with Gasteiger partial charge < -0.3 is 4.74 Å². The van der Waals surface area contributed by atoms with E-state index in [0.29, 0.717) is 33.7 Å². The highest BCUT2D eigenvalue weighted by Gasteiger charge is 2.43. The third-order valence-corrected chi connectivity index (χ3v) is 7.62. The van der Waals surface area contributed by atoms with E-state index in [1.54, 1.807) is 18.2 Å². The number of nitro groups is 1. The number of fused-ring (bicyclic) bond motifs is 9. The molecule has 0 amide bonds. The lowest BCUT2D eigenvalue weighted by Crippen LogP contribution is -2.18. The zero-order chi connectivity index (χ0) is 26.2. The third kappa shape index (κ3) is 2.95. The van der Waals surface area contributed by atoms with E-state index < -0.39 is 10.8 Å². The van der Waals surface area contributed by atoms with Gasteiger partial charge in [0.15, 0.2) is 5.78 Å². The number of allylic oxidation sites excluding steroid dienone is 1. The summed E-state index contributed by atoms with van der Waals surface area (Å²) in [7, 11) is 0. The Labute approximate surface area is 221 Å². The van der Waals surface area contributed by atoms with Crippen molar-refractivity contribution in [1.29, 1.82) is 0 Å². The first-order chi connectivity index (χ1) is 19.1. The Morgan fingerprint density at radius 3 is 2.05 bits per heavy atom. The summed E-state index contributed by atoms with van der Waals surface area (Å²) in [6, 6.07) is 29.4. The molecule has 0 spiro atoms. The molecule has 7 heteroatoms. The van der Waals surface area contributed by atoms with Gasteiger partial charge in [-0.05, 0) is 17.7 Å². The summed E-state index contributed by atoms with van der Waals surface area (Å²) in [4.78, 5) is 35.0. The average Bonchev–Trinajstić information content (AvgIpc) is 3.27. The number of carbonyl (C=O) groups is 1. The monoisotopic (exact) mass is 507 g/mol. The van der Waals surface area contributed by atoms with Gasteiger partial charge in [0, 0.05) is 45.5 Å². The number of carbonyl (C=O) groups excluding carboxylic acids is 1. The Balaban J connectivity index is 1.53. The quantitative estimate of drug-likeness (QED) is 0.109. The van der Waals surface area contributed by atoms with Crippen LogP contribution in [0.2, 0.25) is 0 Å². The lowest BCUT2D eigenvalue weighted by molar-refractivity contribution is -0.384. The number of nitro benzene ring substituents is 1. The number of ether oxygens (including phenoxy) is 1. The Kier molecular flexibility index (Phi) is 4.32. The van der Waals surface area contributed by atoms with Crippen molar-refractivity contribution in [2.75, 3.05) is 0 Å². The normalized spacial score (nSPS) is 15.8. The van der Waals surface area contributed by atoms with Crippen LogP contribution in [0.5, 0.6) is 5.75 Å². The molecule has 0 fully saturated rings. The average molecular weight is 508 g/mol. The fourth-order valence-corrected chi connectivity index (χ4v) is 5.91. The minimum Gasteiger partial charge on any atom is -0.455 e. The molecule has 0 saturated carbocycles. The van der Waals surface area contributed by atoms with Crippen LogP contribution in [0.1, 0.15) is 33.0 Å². The fraction of sp³-hybridized carbons (Fsp3) is 0.0312. The van der Waals surface area contributed by atoms with Gasteiger partial charge in [-0.1, -0.05) is 72.8 Å². The number of para-hydroxylation sites is 2. The Bertz CT molecular complexity index is 2100. The van der Waals surface area contributed by atoms with Crippen LogP contribution in [0.15, 0.2) is 103 Å². The van der Waals surface area contributed by atoms with Crippen molar-refractivity contribution in [2.24, 2.45) is 0 Å². The molecule has 1 aliphatic carbocycles. The SMILES string of the molecule is O=C1C2=C(Oc3c(c4nc5ccccc5nc4c4ccccc34)C2c2ccc([N+](=O)[O-])cc2)c2ccccc21. The van der Waals surface area contributed by atoms with Crippen molar-refractivity contribution in [3.05, 3.63) is 135 Å².